The van der Waals surface area contributed by atoms with Gasteiger partial charge < -0.3 is 14.9 Å². The van der Waals surface area contributed by atoms with Crippen LogP contribution in [0.5, 0.6) is 5.75 Å². The van der Waals surface area contributed by atoms with E-state index in [-0.39, 0.29) is 12.2 Å². The molecule has 2 rings (SSSR count). The summed E-state index contributed by atoms with van der Waals surface area (Å²) in [4.78, 5) is 0. The Labute approximate surface area is 106 Å². The highest BCUT2D eigenvalue weighted by molar-refractivity contribution is 5.31. The lowest BCUT2D eigenvalue weighted by Gasteiger charge is -2.28. The molecule has 0 aromatic heterocycles. The van der Waals surface area contributed by atoms with Crippen LogP contribution in [0.2, 0.25) is 0 Å². The maximum atomic E-state index is 13.9. The summed E-state index contributed by atoms with van der Waals surface area (Å²) in [5.41, 5.74) is -0.683. The van der Waals surface area contributed by atoms with Gasteiger partial charge in [0.25, 0.3) is 0 Å². The predicted molar refractivity (Wildman–Crippen MR) is 66.1 cm³/mol. The van der Waals surface area contributed by atoms with Gasteiger partial charge in [-0.15, -0.1) is 0 Å². The minimum absolute atomic E-state index is 0.111. The molecule has 3 nitrogen and oxygen atoms in total. The van der Waals surface area contributed by atoms with Crippen molar-refractivity contribution in [1.29, 1.82) is 0 Å². The van der Waals surface area contributed by atoms with E-state index in [0.717, 1.165) is 12.8 Å². The molecule has 18 heavy (non-hydrogen) atoms. The van der Waals surface area contributed by atoms with E-state index >= 15 is 0 Å². The topological polar surface area (TPSA) is 49.7 Å². The second-order valence-electron chi connectivity index (χ2n) is 4.96. The van der Waals surface area contributed by atoms with Crippen molar-refractivity contribution in [3.05, 3.63) is 29.6 Å². The molecule has 100 valence electrons. The van der Waals surface area contributed by atoms with Crippen LogP contribution in [0.3, 0.4) is 0 Å². The average molecular weight is 254 g/mol. The van der Waals surface area contributed by atoms with Crippen molar-refractivity contribution in [2.75, 3.05) is 7.11 Å². The fourth-order valence-corrected chi connectivity index (χ4v) is 2.59. The molecular weight excluding hydrogens is 235 g/mol. The summed E-state index contributed by atoms with van der Waals surface area (Å²) in [5, 5.41) is 20.3. The SMILES string of the molecule is COc1cccc(CC(O)C2(O)CCCC2)c1F. The lowest BCUT2D eigenvalue weighted by molar-refractivity contribution is -0.0692. The Morgan fingerprint density at radius 1 is 1.39 bits per heavy atom. The summed E-state index contributed by atoms with van der Waals surface area (Å²) in [5.74, 6) is -0.293. The number of hydrogen-bond donors (Lipinski definition) is 2. The second-order valence-corrected chi connectivity index (χ2v) is 4.96. The molecule has 1 aromatic carbocycles. The van der Waals surface area contributed by atoms with E-state index in [4.69, 9.17) is 4.74 Å². The second kappa shape index (κ2) is 5.24. The van der Waals surface area contributed by atoms with Crippen molar-refractivity contribution < 1.29 is 19.3 Å². The Morgan fingerprint density at radius 2 is 2.06 bits per heavy atom. The molecule has 4 heteroatoms. The van der Waals surface area contributed by atoms with Crippen molar-refractivity contribution in [3.8, 4) is 5.75 Å². The van der Waals surface area contributed by atoms with Crippen LogP contribution in [-0.2, 0) is 6.42 Å². The number of hydrogen-bond acceptors (Lipinski definition) is 3. The smallest absolute Gasteiger partial charge is 0.168 e. The first-order chi connectivity index (χ1) is 8.57. The van der Waals surface area contributed by atoms with Crippen LogP contribution >= 0.6 is 0 Å². The molecule has 0 saturated heterocycles. The molecule has 1 aromatic rings. The molecule has 0 spiro atoms. The Hall–Kier alpha value is -1.13. The Bertz CT molecular complexity index is 414. The zero-order valence-corrected chi connectivity index (χ0v) is 10.5. The quantitative estimate of drug-likeness (QED) is 0.864. The largest absolute Gasteiger partial charge is 0.494 e. The van der Waals surface area contributed by atoms with Crippen LogP contribution < -0.4 is 4.74 Å². The van der Waals surface area contributed by atoms with Crippen molar-refractivity contribution in [3.63, 3.8) is 0 Å². The first kappa shape index (κ1) is 13.3. The minimum Gasteiger partial charge on any atom is -0.494 e. The Morgan fingerprint density at radius 3 is 2.67 bits per heavy atom. The van der Waals surface area contributed by atoms with Gasteiger partial charge in [-0.05, 0) is 24.5 Å². The van der Waals surface area contributed by atoms with Crippen LogP contribution in [0.1, 0.15) is 31.2 Å². The summed E-state index contributed by atoms with van der Waals surface area (Å²) in [6.07, 6.45) is 2.17. The third-order valence-corrected chi connectivity index (χ3v) is 3.77. The van der Waals surface area contributed by atoms with Crippen LogP contribution in [0.15, 0.2) is 18.2 Å². The molecular formula is C14H19FO3. The number of methoxy groups -OCH3 is 1. The van der Waals surface area contributed by atoms with E-state index in [1.807, 2.05) is 0 Å². The number of benzene rings is 1. The van der Waals surface area contributed by atoms with E-state index < -0.39 is 17.5 Å². The Kier molecular flexibility index (Phi) is 3.88. The molecule has 0 aliphatic heterocycles. The van der Waals surface area contributed by atoms with Crippen LogP contribution in [0, 0.1) is 5.82 Å². The van der Waals surface area contributed by atoms with Crippen molar-refractivity contribution in [2.45, 2.75) is 43.8 Å². The van der Waals surface area contributed by atoms with E-state index in [0.29, 0.717) is 18.4 Å². The molecule has 1 unspecified atom stereocenters. The molecule has 0 bridgehead atoms. The predicted octanol–water partition coefficient (Wildman–Crippen LogP) is 2.04. The molecule has 1 aliphatic rings. The van der Waals surface area contributed by atoms with E-state index in [1.165, 1.54) is 13.2 Å². The number of rotatable bonds is 4. The minimum atomic E-state index is -1.06. The van der Waals surface area contributed by atoms with Crippen molar-refractivity contribution in [2.24, 2.45) is 0 Å². The lowest BCUT2D eigenvalue weighted by Crippen LogP contribution is -2.41. The third kappa shape index (κ3) is 2.49. The summed E-state index contributed by atoms with van der Waals surface area (Å²) >= 11 is 0. The number of aliphatic hydroxyl groups is 2. The highest BCUT2D eigenvalue weighted by Crippen LogP contribution is 2.34. The van der Waals surface area contributed by atoms with Crippen molar-refractivity contribution >= 4 is 0 Å². The van der Waals surface area contributed by atoms with E-state index in [1.54, 1.807) is 12.1 Å². The van der Waals surface area contributed by atoms with Gasteiger partial charge in [0, 0.05) is 6.42 Å². The van der Waals surface area contributed by atoms with Crippen LogP contribution in [0.4, 0.5) is 4.39 Å². The highest BCUT2D eigenvalue weighted by Gasteiger charge is 2.38. The molecule has 0 amide bonds. The standard InChI is InChI=1S/C14H19FO3/c1-18-11-6-4-5-10(13(11)15)9-12(16)14(17)7-2-3-8-14/h4-6,12,16-17H,2-3,7-9H2,1H3. The summed E-state index contributed by atoms with van der Waals surface area (Å²) in [7, 11) is 1.41. The molecule has 1 aliphatic carbocycles. The summed E-state index contributed by atoms with van der Waals surface area (Å²) in [6, 6.07) is 4.83. The molecule has 1 saturated carbocycles. The van der Waals surface area contributed by atoms with Gasteiger partial charge >= 0.3 is 0 Å². The van der Waals surface area contributed by atoms with Gasteiger partial charge in [-0.3, -0.25) is 0 Å². The van der Waals surface area contributed by atoms with E-state index in [2.05, 4.69) is 0 Å². The first-order valence-corrected chi connectivity index (χ1v) is 6.28. The summed E-state index contributed by atoms with van der Waals surface area (Å²) < 4.78 is 18.8. The summed E-state index contributed by atoms with van der Waals surface area (Å²) in [6.45, 7) is 0. The first-order valence-electron chi connectivity index (χ1n) is 6.28. The molecule has 0 radical (unpaired) electrons. The number of halogens is 1. The van der Waals surface area contributed by atoms with Crippen molar-refractivity contribution in [1.82, 2.24) is 0 Å². The van der Waals surface area contributed by atoms with Crippen LogP contribution in [-0.4, -0.2) is 29.0 Å². The van der Waals surface area contributed by atoms with Gasteiger partial charge in [0.2, 0.25) is 0 Å². The van der Waals surface area contributed by atoms with Gasteiger partial charge in [0.1, 0.15) is 0 Å². The van der Waals surface area contributed by atoms with Gasteiger partial charge in [0.15, 0.2) is 11.6 Å². The maximum Gasteiger partial charge on any atom is 0.168 e. The van der Waals surface area contributed by atoms with Gasteiger partial charge in [-0.2, -0.15) is 0 Å². The maximum absolute atomic E-state index is 13.9. The molecule has 2 N–H and O–H groups in total. The average Bonchev–Trinajstić information content (AvgIpc) is 2.80. The Balaban J connectivity index is 2.14. The third-order valence-electron chi connectivity index (χ3n) is 3.77. The molecule has 0 heterocycles. The van der Waals surface area contributed by atoms with Crippen LogP contribution in [0.25, 0.3) is 0 Å². The molecule has 1 atom stereocenters. The van der Waals surface area contributed by atoms with Gasteiger partial charge in [0.05, 0.1) is 18.8 Å². The monoisotopic (exact) mass is 254 g/mol. The zero-order chi connectivity index (χ0) is 13.2. The highest BCUT2D eigenvalue weighted by atomic mass is 19.1. The fraction of sp³-hybridized carbons (Fsp3) is 0.571. The van der Waals surface area contributed by atoms with Gasteiger partial charge in [-0.1, -0.05) is 25.0 Å². The lowest BCUT2D eigenvalue weighted by atomic mass is 9.90. The molecule has 1 fully saturated rings. The zero-order valence-electron chi connectivity index (χ0n) is 10.5. The fourth-order valence-electron chi connectivity index (χ4n) is 2.59. The normalized spacial score (nSPS) is 19.8. The van der Waals surface area contributed by atoms with E-state index in [9.17, 15) is 14.6 Å². The number of aliphatic hydroxyl groups excluding tert-OH is 1. The number of ether oxygens (including phenoxy) is 1. The van der Waals surface area contributed by atoms with Gasteiger partial charge in [-0.25, -0.2) is 4.39 Å².